The molecule has 0 saturated heterocycles. The standard InChI is InChI=1S/C19H17BrN4O4S2/c1-27-14-8-3-11(9-15(14)28-2)17(26)22-18-23-24-19(30-18)29-10-16(25)21-13-6-4-12(20)5-7-13/h3-9H,10H2,1-2H3,(H,21,25)(H,22,23,26). The van der Waals surface area contributed by atoms with E-state index in [2.05, 4.69) is 36.8 Å². The Balaban J connectivity index is 1.54. The van der Waals surface area contributed by atoms with E-state index >= 15 is 0 Å². The molecule has 0 unspecified atom stereocenters. The second-order valence-corrected chi connectivity index (χ2v) is 8.86. The number of nitrogens with zero attached hydrogens (tertiary/aromatic N) is 2. The molecule has 0 saturated carbocycles. The van der Waals surface area contributed by atoms with Gasteiger partial charge in [-0.1, -0.05) is 39.0 Å². The monoisotopic (exact) mass is 508 g/mol. The smallest absolute Gasteiger partial charge is 0.257 e. The Bertz CT molecular complexity index is 1040. The summed E-state index contributed by atoms with van der Waals surface area (Å²) in [6.07, 6.45) is 0. The van der Waals surface area contributed by atoms with Crippen molar-refractivity contribution >= 4 is 61.7 Å². The number of hydrogen-bond donors (Lipinski definition) is 2. The summed E-state index contributed by atoms with van der Waals surface area (Å²) in [6, 6.07) is 12.2. The molecular formula is C19H17BrN4O4S2. The minimum atomic E-state index is -0.350. The van der Waals surface area contributed by atoms with Crippen LogP contribution in [0.5, 0.6) is 11.5 Å². The van der Waals surface area contributed by atoms with Gasteiger partial charge in [-0.25, -0.2) is 0 Å². The number of methoxy groups -OCH3 is 2. The van der Waals surface area contributed by atoms with Gasteiger partial charge in [0.2, 0.25) is 11.0 Å². The van der Waals surface area contributed by atoms with Crippen LogP contribution in [0.25, 0.3) is 0 Å². The second kappa shape index (κ2) is 10.4. The molecule has 0 spiro atoms. The van der Waals surface area contributed by atoms with Crippen molar-refractivity contribution in [1.29, 1.82) is 0 Å². The number of hydrogen-bond acceptors (Lipinski definition) is 8. The number of thioether (sulfide) groups is 1. The van der Waals surface area contributed by atoms with Crippen molar-refractivity contribution in [2.45, 2.75) is 4.34 Å². The van der Waals surface area contributed by atoms with E-state index in [1.54, 1.807) is 30.3 Å². The molecule has 8 nitrogen and oxygen atoms in total. The lowest BCUT2D eigenvalue weighted by Gasteiger charge is -2.08. The molecule has 3 aromatic rings. The van der Waals surface area contributed by atoms with Crippen LogP contribution in [-0.4, -0.2) is 42.0 Å². The molecule has 0 atom stereocenters. The third-order valence-electron chi connectivity index (χ3n) is 3.73. The number of anilines is 2. The van der Waals surface area contributed by atoms with Gasteiger partial charge in [0.1, 0.15) is 0 Å². The molecule has 0 fully saturated rings. The van der Waals surface area contributed by atoms with Crippen LogP contribution in [0.4, 0.5) is 10.8 Å². The molecule has 0 aliphatic carbocycles. The van der Waals surface area contributed by atoms with Gasteiger partial charge < -0.3 is 14.8 Å². The molecule has 1 heterocycles. The molecule has 0 bridgehead atoms. The maximum absolute atomic E-state index is 12.4. The van der Waals surface area contributed by atoms with Gasteiger partial charge in [-0.3, -0.25) is 14.9 Å². The number of benzene rings is 2. The molecule has 156 valence electrons. The van der Waals surface area contributed by atoms with Gasteiger partial charge in [0.05, 0.1) is 20.0 Å². The Hall–Kier alpha value is -2.63. The van der Waals surface area contributed by atoms with Crippen LogP contribution in [0.2, 0.25) is 0 Å². The zero-order valence-electron chi connectivity index (χ0n) is 16.0. The first kappa shape index (κ1) is 22.1. The van der Waals surface area contributed by atoms with Crippen molar-refractivity contribution in [3.63, 3.8) is 0 Å². The average molecular weight is 509 g/mol. The molecule has 30 heavy (non-hydrogen) atoms. The van der Waals surface area contributed by atoms with Crippen molar-refractivity contribution in [1.82, 2.24) is 10.2 Å². The van der Waals surface area contributed by atoms with E-state index in [-0.39, 0.29) is 17.6 Å². The van der Waals surface area contributed by atoms with Gasteiger partial charge in [-0.05, 0) is 42.5 Å². The summed E-state index contributed by atoms with van der Waals surface area (Å²) in [5, 5.41) is 13.8. The van der Waals surface area contributed by atoms with Crippen LogP contribution in [0, 0.1) is 0 Å². The summed E-state index contributed by atoms with van der Waals surface area (Å²) >= 11 is 5.78. The maximum atomic E-state index is 12.4. The Morgan fingerprint density at radius 2 is 1.77 bits per heavy atom. The number of carbonyl (C=O) groups excluding carboxylic acids is 2. The predicted octanol–water partition coefficient (Wildman–Crippen LogP) is 4.30. The fourth-order valence-electron chi connectivity index (χ4n) is 2.32. The third-order valence-corrected chi connectivity index (χ3v) is 6.23. The minimum Gasteiger partial charge on any atom is -0.493 e. The number of amides is 2. The van der Waals surface area contributed by atoms with Crippen molar-refractivity contribution < 1.29 is 19.1 Å². The lowest BCUT2D eigenvalue weighted by molar-refractivity contribution is -0.113. The summed E-state index contributed by atoms with van der Waals surface area (Å²) in [7, 11) is 3.03. The summed E-state index contributed by atoms with van der Waals surface area (Å²) in [5.41, 5.74) is 1.11. The predicted molar refractivity (Wildman–Crippen MR) is 121 cm³/mol. The summed E-state index contributed by atoms with van der Waals surface area (Å²) in [6.45, 7) is 0. The van der Waals surface area contributed by atoms with Crippen LogP contribution >= 0.6 is 39.0 Å². The van der Waals surface area contributed by atoms with Crippen LogP contribution in [0.1, 0.15) is 10.4 Å². The molecule has 0 aliphatic heterocycles. The highest BCUT2D eigenvalue weighted by Crippen LogP contribution is 2.29. The quantitative estimate of drug-likeness (QED) is 0.345. The van der Waals surface area contributed by atoms with E-state index in [9.17, 15) is 9.59 Å². The fraction of sp³-hybridized carbons (Fsp3) is 0.158. The molecule has 2 amide bonds. The molecule has 11 heteroatoms. The third kappa shape index (κ3) is 5.94. The highest BCUT2D eigenvalue weighted by molar-refractivity contribution is 9.10. The van der Waals surface area contributed by atoms with Gasteiger partial charge in [0.25, 0.3) is 5.91 Å². The van der Waals surface area contributed by atoms with Crippen LogP contribution in [0.15, 0.2) is 51.3 Å². The lowest BCUT2D eigenvalue weighted by atomic mass is 10.2. The Labute approximate surface area is 189 Å². The molecule has 2 aromatic carbocycles. The number of aromatic nitrogens is 2. The normalized spacial score (nSPS) is 10.4. The zero-order chi connectivity index (χ0) is 21.5. The van der Waals surface area contributed by atoms with Crippen molar-refractivity contribution in [3.8, 4) is 11.5 Å². The van der Waals surface area contributed by atoms with Crippen molar-refractivity contribution in [3.05, 3.63) is 52.5 Å². The Kier molecular flexibility index (Phi) is 7.66. The molecule has 1 aromatic heterocycles. The Morgan fingerprint density at radius 3 is 2.47 bits per heavy atom. The minimum absolute atomic E-state index is 0.159. The van der Waals surface area contributed by atoms with Gasteiger partial charge in [0, 0.05) is 15.7 Å². The first-order valence-corrected chi connectivity index (χ1v) is 11.1. The highest BCUT2D eigenvalue weighted by atomic mass is 79.9. The van der Waals surface area contributed by atoms with E-state index in [4.69, 9.17) is 9.47 Å². The van der Waals surface area contributed by atoms with E-state index in [1.807, 2.05) is 12.1 Å². The van der Waals surface area contributed by atoms with E-state index in [0.29, 0.717) is 32.2 Å². The van der Waals surface area contributed by atoms with Crippen LogP contribution < -0.4 is 20.1 Å². The SMILES string of the molecule is COc1ccc(C(=O)Nc2nnc(SCC(=O)Nc3ccc(Br)cc3)s2)cc1OC. The summed E-state index contributed by atoms with van der Waals surface area (Å²) in [5.74, 6) is 0.652. The van der Waals surface area contributed by atoms with Gasteiger partial charge in [-0.2, -0.15) is 0 Å². The molecule has 0 radical (unpaired) electrons. The zero-order valence-corrected chi connectivity index (χ0v) is 19.2. The maximum Gasteiger partial charge on any atom is 0.257 e. The summed E-state index contributed by atoms with van der Waals surface area (Å²) < 4.78 is 11.9. The fourth-order valence-corrected chi connectivity index (χ4v) is 4.13. The molecule has 2 N–H and O–H groups in total. The second-order valence-electron chi connectivity index (χ2n) is 5.74. The first-order valence-electron chi connectivity index (χ1n) is 8.53. The van der Waals surface area contributed by atoms with Gasteiger partial charge in [-0.15, -0.1) is 10.2 Å². The Morgan fingerprint density at radius 1 is 1.03 bits per heavy atom. The molecule has 0 aliphatic rings. The van der Waals surface area contributed by atoms with E-state index in [0.717, 1.165) is 4.47 Å². The highest BCUT2D eigenvalue weighted by Gasteiger charge is 2.14. The lowest BCUT2D eigenvalue weighted by Crippen LogP contribution is -2.13. The molecule has 3 rings (SSSR count). The number of ether oxygens (including phenoxy) is 2. The number of nitrogens with one attached hydrogen (secondary N) is 2. The number of rotatable bonds is 8. The number of carbonyl (C=O) groups is 2. The van der Waals surface area contributed by atoms with Crippen LogP contribution in [0.3, 0.4) is 0 Å². The average Bonchev–Trinajstić information content (AvgIpc) is 3.20. The van der Waals surface area contributed by atoms with Gasteiger partial charge >= 0.3 is 0 Å². The van der Waals surface area contributed by atoms with Crippen molar-refractivity contribution in [2.75, 3.05) is 30.6 Å². The van der Waals surface area contributed by atoms with Crippen LogP contribution in [-0.2, 0) is 4.79 Å². The summed E-state index contributed by atoms with van der Waals surface area (Å²) in [4.78, 5) is 24.5. The van der Waals surface area contributed by atoms with E-state index < -0.39 is 0 Å². The molecular weight excluding hydrogens is 492 g/mol. The van der Waals surface area contributed by atoms with Crippen molar-refractivity contribution in [2.24, 2.45) is 0 Å². The first-order chi connectivity index (χ1) is 14.5. The van der Waals surface area contributed by atoms with E-state index in [1.165, 1.54) is 37.3 Å². The number of halogens is 1. The topological polar surface area (TPSA) is 102 Å². The van der Waals surface area contributed by atoms with Gasteiger partial charge in [0.15, 0.2) is 15.8 Å². The largest absolute Gasteiger partial charge is 0.493 e.